The van der Waals surface area contributed by atoms with Gasteiger partial charge in [0.25, 0.3) is 0 Å². The quantitative estimate of drug-likeness (QED) is 0.820. The summed E-state index contributed by atoms with van der Waals surface area (Å²) in [7, 11) is 0. The lowest BCUT2D eigenvalue weighted by Crippen LogP contribution is -2.35. The number of hydrogen-bond acceptors (Lipinski definition) is 4. The Balaban J connectivity index is 1.86. The van der Waals surface area contributed by atoms with Gasteiger partial charge >= 0.3 is 0 Å². The van der Waals surface area contributed by atoms with Gasteiger partial charge in [0, 0.05) is 19.3 Å². The van der Waals surface area contributed by atoms with Crippen LogP contribution in [0.2, 0.25) is 0 Å². The highest BCUT2D eigenvalue weighted by Crippen LogP contribution is 2.17. The maximum Gasteiger partial charge on any atom is 0.238 e. The average molecular weight is 313 g/mol. The van der Waals surface area contributed by atoms with Crippen LogP contribution in [0.15, 0.2) is 22.9 Å². The molecule has 0 unspecified atom stereocenters. The monoisotopic (exact) mass is 312 g/mol. The zero-order chi connectivity index (χ0) is 12.8. The fourth-order valence-corrected chi connectivity index (χ4v) is 2.28. The summed E-state index contributed by atoms with van der Waals surface area (Å²) in [6.45, 7) is 4.30. The molecule has 0 saturated carbocycles. The lowest BCUT2D eigenvalue weighted by atomic mass is 10.3. The van der Waals surface area contributed by atoms with Crippen LogP contribution < -0.4 is 10.6 Å². The Hall–Kier alpha value is -0.980. The van der Waals surface area contributed by atoms with Crippen molar-refractivity contribution in [3.8, 4) is 0 Å². The Kier molecular flexibility index (Phi) is 5.10. The van der Waals surface area contributed by atoms with E-state index in [9.17, 15) is 4.79 Å². The molecule has 1 amide bonds. The molecule has 0 aromatic carbocycles. The molecule has 5 nitrogen and oxygen atoms in total. The number of hydrogen-bond donors (Lipinski definition) is 2. The van der Waals surface area contributed by atoms with E-state index in [0.717, 1.165) is 38.3 Å². The van der Waals surface area contributed by atoms with E-state index in [1.807, 2.05) is 6.07 Å². The molecule has 6 heteroatoms. The van der Waals surface area contributed by atoms with Crippen LogP contribution in [0.3, 0.4) is 0 Å². The molecule has 0 radical (unpaired) electrons. The molecular formula is C12H17BrN4O. The van der Waals surface area contributed by atoms with Gasteiger partial charge in [-0.2, -0.15) is 0 Å². The highest BCUT2D eigenvalue weighted by atomic mass is 79.9. The predicted molar refractivity (Wildman–Crippen MR) is 74.5 cm³/mol. The summed E-state index contributed by atoms with van der Waals surface area (Å²) in [5.74, 6) is 0.00519. The van der Waals surface area contributed by atoms with E-state index in [4.69, 9.17) is 0 Å². The van der Waals surface area contributed by atoms with Crippen LogP contribution in [-0.4, -0.2) is 48.5 Å². The van der Waals surface area contributed by atoms with Crippen LogP contribution in [0, 0.1) is 0 Å². The highest BCUT2D eigenvalue weighted by molar-refractivity contribution is 9.10. The van der Waals surface area contributed by atoms with E-state index in [0.29, 0.717) is 11.1 Å². The molecule has 1 aliphatic heterocycles. The second-order valence-corrected chi connectivity index (χ2v) is 5.02. The van der Waals surface area contributed by atoms with Crippen LogP contribution in [0.25, 0.3) is 0 Å². The van der Waals surface area contributed by atoms with Gasteiger partial charge in [-0.05, 0) is 47.6 Å². The molecule has 2 rings (SSSR count). The lowest BCUT2D eigenvalue weighted by molar-refractivity contribution is -0.117. The second-order valence-electron chi connectivity index (χ2n) is 4.27. The summed E-state index contributed by atoms with van der Waals surface area (Å²) in [6.07, 6.45) is 2.77. The largest absolute Gasteiger partial charge is 0.323 e. The fourth-order valence-electron chi connectivity index (χ4n) is 1.93. The van der Waals surface area contributed by atoms with Crippen molar-refractivity contribution in [2.45, 2.75) is 6.42 Å². The second kappa shape index (κ2) is 6.82. The predicted octanol–water partition coefficient (Wildman–Crippen LogP) is 1.08. The van der Waals surface area contributed by atoms with E-state index < -0.39 is 0 Å². The Morgan fingerprint density at radius 3 is 3.22 bits per heavy atom. The topological polar surface area (TPSA) is 57.3 Å². The van der Waals surface area contributed by atoms with Crippen molar-refractivity contribution >= 4 is 27.5 Å². The van der Waals surface area contributed by atoms with Gasteiger partial charge in [0.2, 0.25) is 5.91 Å². The molecule has 2 N–H and O–H groups in total. The number of carbonyl (C=O) groups is 1. The number of carbonyl (C=O) groups excluding carboxylic acids is 1. The first-order valence-electron chi connectivity index (χ1n) is 6.09. The molecule has 1 fully saturated rings. The zero-order valence-electron chi connectivity index (χ0n) is 10.2. The number of amides is 1. The number of halogens is 1. The van der Waals surface area contributed by atoms with E-state index in [2.05, 4.69) is 36.4 Å². The van der Waals surface area contributed by atoms with E-state index >= 15 is 0 Å². The summed E-state index contributed by atoms with van der Waals surface area (Å²) in [6, 6.07) is 3.63. The van der Waals surface area contributed by atoms with E-state index in [-0.39, 0.29) is 5.91 Å². The maximum absolute atomic E-state index is 11.9. The van der Waals surface area contributed by atoms with Crippen molar-refractivity contribution in [2.24, 2.45) is 0 Å². The van der Waals surface area contributed by atoms with Gasteiger partial charge in [-0.3, -0.25) is 9.69 Å². The summed E-state index contributed by atoms with van der Waals surface area (Å²) >= 11 is 3.31. The van der Waals surface area contributed by atoms with Gasteiger partial charge in [-0.15, -0.1) is 0 Å². The Labute approximate surface area is 115 Å². The average Bonchev–Trinajstić information content (AvgIpc) is 2.61. The van der Waals surface area contributed by atoms with Crippen molar-refractivity contribution in [1.82, 2.24) is 15.2 Å². The van der Waals surface area contributed by atoms with Crippen LogP contribution in [0.5, 0.6) is 0 Å². The first kappa shape index (κ1) is 13.5. The summed E-state index contributed by atoms with van der Waals surface area (Å²) in [5.41, 5.74) is 0.718. The molecule has 0 bridgehead atoms. The molecule has 98 valence electrons. The number of pyridine rings is 1. The third-order valence-corrected chi connectivity index (χ3v) is 3.47. The maximum atomic E-state index is 11.9. The molecular weight excluding hydrogens is 296 g/mol. The molecule has 1 aromatic rings. The van der Waals surface area contributed by atoms with E-state index in [1.54, 1.807) is 12.3 Å². The molecule has 0 aliphatic carbocycles. The molecule has 0 atom stereocenters. The van der Waals surface area contributed by atoms with Gasteiger partial charge in [0.05, 0.1) is 12.2 Å². The number of rotatable bonds is 3. The Morgan fingerprint density at radius 1 is 1.50 bits per heavy atom. The minimum Gasteiger partial charge on any atom is -0.323 e. The number of aromatic nitrogens is 1. The zero-order valence-corrected chi connectivity index (χ0v) is 11.7. The Morgan fingerprint density at radius 2 is 2.39 bits per heavy atom. The summed E-state index contributed by atoms with van der Waals surface area (Å²) in [4.78, 5) is 18.2. The minimum absolute atomic E-state index is 0.00519. The van der Waals surface area contributed by atoms with Gasteiger partial charge in [-0.1, -0.05) is 0 Å². The lowest BCUT2D eigenvalue weighted by Gasteiger charge is -2.18. The first-order chi connectivity index (χ1) is 8.75. The third-order valence-electron chi connectivity index (χ3n) is 2.83. The number of nitrogens with zero attached hydrogens (tertiary/aromatic N) is 2. The van der Waals surface area contributed by atoms with Crippen LogP contribution in [-0.2, 0) is 4.79 Å². The molecule has 2 heterocycles. The molecule has 1 aliphatic rings. The summed E-state index contributed by atoms with van der Waals surface area (Å²) < 4.78 is 0.663. The van der Waals surface area contributed by atoms with Gasteiger partial charge < -0.3 is 10.6 Å². The first-order valence-corrected chi connectivity index (χ1v) is 6.88. The normalized spacial score (nSPS) is 17.2. The van der Waals surface area contributed by atoms with Gasteiger partial charge in [0.15, 0.2) is 0 Å². The van der Waals surface area contributed by atoms with Crippen molar-refractivity contribution in [2.75, 3.05) is 38.0 Å². The van der Waals surface area contributed by atoms with E-state index in [1.165, 1.54) is 0 Å². The number of nitrogens with one attached hydrogen (secondary N) is 2. The van der Waals surface area contributed by atoms with Crippen molar-refractivity contribution in [3.05, 3.63) is 22.9 Å². The molecule has 1 aromatic heterocycles. The van der Waals surface area contributed by atoms with Gasteiger partial charge in [0.1, 0.15) is 4.60 Å². The number of anilines is 1. The smallest absolute Gasteiger partial charge is 0.238 e. The molecule has 18 heavy (non-hydrogen) atoms. The Bertz CT molecular complexity index is 405. The minimum atomic E-state index is 0.00519. The molecule has 0 spiro atoms. The van der Waals surface area contributed by atoms with Crippen molar-refractivity contribution < 1.29 is 4.79 Å². The van der Waals surface area contributed by atoms with Crippen molar-refractivity contribution in [1.29, 1.82) is 0 Å². The summed E-state index contributed by atoms with van der Waals surface area (Å²) in [5, 5.41) is 6.19. The SMILES string of the molecule is O=C(CN1CCCNCC1)Nc1cccnc1Br. The molecule has 1 saturated heterocycles. The standard InChI is InChI=1S/C12H17BrN4O/c13-12-10(3-1-5-15-12)16-11(18)9-17-7-2-4-14-6-8-17/h1,3,5,14H,2,4,6-9H2,(H,16,18). The fraction of sp³-hybridized carbons (Fsp3) is 0.500. The van der Waals surface area contributed by atoms with Crippen LogP contribution in [0.1, 0.15) is 6.42 Å². The third kappa shape index (κ3) is 4.04. The highest BCUT2D eigenvalue weighted by Gasteiger charge is 2.13. The van der Waals surface area contributed by atoms with Gasteiger partial charge in [-0.25, -0.2) is 4.98 Å². The van der Waals surface area contributed by atoms with Crippen molar-refractivity contribution in [3.63, 3.8) is 0 Å². The van der Waals surface area contributed by atoms with Crippen LogP contribution >= 0.6 is 15.9 Å². The van der Waals surface area contributed by atoms with Crippen LogP contribution in [0.4, 0.5) is 5.69 Å².